The van der Waals surface area contributed by atoms with Crippen LogP contribution in [-0.2, 0) is 4.74 Å². The van der Waals surface area contributed by atoms with Crippen molar-refractivity contribution in [1.29, 1.82) is 0 Å². The quantitative estimate of drug-likeness (QED) is 0.549. The van der Waals surface area contributed by atoms with Crippen molar-refractivity contribution in [2.75, 3.05) is 33.3 Å². The highest BCUT2D eigenvalue weighted by Gasteiger charge is 2.28. The lowest BCUT2D eigenvalue weighted by molar-refractivity contribution is -0.0163. The predicted molar refractivity (Wildman–Crippen MR) is 68.7 cm³/mol. The van der Waals surface area contributed by atoms with Gasteiger partial charge in [-0.3, -0.25) is 4.90 Å². The van der Waals surface area contributed by atoms with Gasteiger partial charge in [0, 0.05) is 32.8 Å². The number of rotatable bonds is 6. The predicted octanol–water partition coefficient (Wildman–Crippen LogP) is 1.51. The fourth-order valence-electron chi connectivity index (χ4n) is 2.29. The Morgan fingerprint density at radius 1 is 1.62 bits per heavy atom. The zero-order valence-corrected chi connectivity index (χ0v) is 10.9. The Hall–Kier alpha value is -0.380. The van der Waals surface area contributed by atoms with Crippen LogP contribution in [0.25, 0.3) is 0 Å². The van der Waals surface area contributed by atoms with Crippen LogP contribution in [0.4, 0.5) is 0 Å². The van der Waals surface area contributed by atoms with Crippen LogP contribution in [0, 0.1) is 5.92 Å². The molecule has 3 atom stereocenters. The van der Waals surface area contributed by atoms with Crippen LogP contribution in [0.15, 0.2) is 12.7 Å². The second-order valence-electron chi connectivity index (χ2n) is 4.83. The number of piperidine rings is 1. The van der Waals surface area contributed by atoms with Gasteiger partial charge in [-0.15, -0.1) is 6.58 Å². The van der Waals surface area contributed by atoms with Crippen molar-refractivity contribution < 1.29 is 4.74 Å². The molecule has 0 amide bonds. The van der Waals surface area contributed by atoms with Crippen molar-refractivity contribution >= 4 is 0 Å². The fourth-order valence-corrected chi connectivity index (χ4v) is 2.29. The lowest BCUT2D eigenvalue weighted by Gasteiger charge is -2.39. The van der Waals surface area contributed by atoms with Crippen molar-refractivity contribution in [2.45, 2.75) is 32.4 Å². The third-order valence-corrected chi connectivity index (χ3v) is 3.58. The molecule has 16 heavy (non-hydrogen) atoms. The van der Waals surface area contributed by atoms with E-state index in [1.165, 1.54) is 13.0 Å². The van der Waals surface area contributed by atoms with Gasteiger partial charge in [0.05, 0.1) is 6.10 Å². The molecule has 3 nitrogen and oxygen atoms in total. The zero-order chi connectivity index (χ0) is 12.0. The van der Waals surface area contributed by atoms with Crippen LogP contribution < -0.4 is 5.32 Å². The average molecular weight is 226 g/mol. The first-order valence-electron chi connectivity index (χ1n) is 6.27. The summed E-state index contributed by atoms with van der Waals surface area (Å²) in [6.45, 7) is 12.4. The Morgan fingerprint density at radius 3 is 3.00 bits per heavy atom. The number of hydrogen-bond acceptors (Lipinski definition) is 3. The second-order valence-corrected chi connectivity index (χ2v) is 4.83. The lowest BCUT2D eigenvalue weighted by atomic mass is 9.95. The molecule has 3 unspecified atom stereocenters. The molecule has 1 aliphatic rings. The first-order chi connectivity index (χ1) is 7.69. The van der Waals surface area contributed by atoms with Crippen LogP contribution in [-0.4, -0.2) is 50.3 Å². The SMILES string of the molecule is C=CCNCC(C)N1CCC(C)C(OC)C1. The van der Waals surface area contributed by atoms with Gasteiger partial charge in [0.2, 0.25) is 0 Å². The minimum atomic E-state index is 0.399. The molecule has 1 heterocycles. The Kier molecular flexibility index (Phi) is 6.03. The van der Waals surface area contributed by atoms with E-state index in [1.54, 1.807) is 0 Å². The van der Waals surface area contributed by atoms with Gasteiger partial charge in [0.15, 0.2) is 0 Å². The summed E-state index contributed by atoms with van der Waals surface area (Å²) >= 11 is 0. The van der Waals surface area contributed by atoms with Gasteiger partial charge in [-0.1, -0.05) is 13.0 Å². The van der Waals surface area contributed by atoms with E-state index in [-0.39, 0.29) is 0 Å². The number of hydrogen-bond donors (Lipinski definition) is 1. The van der Waals surface area contributed by atoms with E-state index >= 15 is 0 Å². The second kappa shape index (κ2) is 7.05. The van der Waals surface area contributed by atoms with E-state index in [0.717, 1.165) is 19.6 Å². The van der Waals surface area contributed by atoms with Gasteiger partial charge in [0.25, 0.3) is 0 Å². The molecule has 94 valence electrons. The summed E-state index contributed by atoms with van der Waals surface area (Å²) in [6, 6.07) is 0.574. The Balaban J connectivity index is 2.33. The molecular formula is C13H26N2O. The smallest absolute Gasteiger partial charge is 0.0724 e. The summed E-state index contributed by atoms with van der Waals surface area (Å²) < 4.78 is 5.53. The van der Waals surface area contributed by atoms with Gasteiger partial charge in [-0.2, -0.15) is 0 Å². The van der Waals surface area contributed by atoms with Gasteiger partial charge in [-0.25, -0.2) is 0 Å². The maximum atomic E-state index is 5.53. The zero-order valence-electron chi connectivity index (χ0n) is 10.9. The summed E-state index contributed by atoms with van der Waals surface area (Å²) in [7, 11) is 1.82. The summed E-state index contributed by atoms with van der Waals surface area (Å²) in [5, 5.41) is 3.38. The lowest BCUT2D eigenvalue weighted by Crippen LogP contribution is -2.50. The molecule has 0 aliphatic carbocycles. The molecule has 1 N–H and O–H groups in total. The van der Waals surface area contributed by atoms with Gasteiger partial charge < -0.3 is 10.1 Å². The molecule has 1 rings (SSSR count). The molecule has 0 saturated carbocycles. The molecule has 0 radical (unpaired) electrons. The van der Waals surface area contributed by atoms with E-state index < -0.39 is 0 Å². The van der Waals surface area contributed by atoms with E-state index in [9.17, 15) is 0 Å². The van der Waals surface area contributed by atoms with Crippen LogP contribution in [0.1, 0.15) is 20.3 Å². The summed E-state index contributed by atoms with van der Waals surface area (Å²) in [5.41, 5.74) is 0. The minimum absolute atomic E-state index is 0.399. The largest absolute Gasteiger partial charge is 0.380 e. The summed E-state index contributed by atoms with van der Waals surface area (Å²) in [6.07, 6.45) is 3.54. The van der Waals surface area contributed by atoms with Gasteiger partial charge in [-0.05, 0) is 25.8 Å². The maximum Gasteiger partial charge on any atom is 0.0724 e. The van der Waals surface area contributed by atoms with Gasteiger partial charge >= 0.3 is 0 Å². The molecule has 3 heteroatoms. The number of nitrogens with one attached hydrogen (secondary N) is 1. The maximum absolute atomic E-state index is 5.53. The van der Waals surface area contributed by atoms with Crippen molar-refractivity contribution in [1.82, 2.24) is 10.2 Å². The molecule has 0 aromatic heterocycles. The molecule has 0 spiro atoms. The normalized spacial score (nSPS) is 28.9. The molecule has 0 bridgehead atoms. The average Bonchev–Trinajstić information content (AvgIpc) is 2.30. The third kappa shape index (κ3) is 3.89. The molecule has 1 aliphatic heterocycles. The summed E-state index contributed by atoms with van der Waals surface area (Å²) in [4.78, 5) is 2.52. The highest BCUT2D eigenvalue weighted by atomic mass is 16.5. The third-order valence-electron chi connectivity index (χ3n) is 3.58. The van der Waals surface area contributed by atoms with Crippen molar-refractivity contribution in [2.24, 2.45) is 5.92 Å². The Bertz CT molecular complexity index is 208. The number of nitrogens with zero attached hydrogens (tertiary/aromatic N) is 1. The highest BCUT2D eigenvalue weighted by molar-refractivity contribution is 4.83. The monoisotopic (exact) mass is 226 g/mol. The standard InChI is InChI=1S/C13H26N2O/c1-5-7-14-9-12(3)15-8-6-11(2)13(10-15)16-4/h5,11-14H,1,6-10H2,2-4H3. The number of likely N-dealkylation sites (tertiary alicyclic amines) is 1. The molecule has 1 fully saturated rings. The van der Waals surface area contributed by atoms with Crippen LogP contribution in [0.2, 0.25) is 0 Å². The summed E-state index contributed by atoms with van der Waals surface area (Å²) in [5.74, 6) is 0.689. The molecule has 0 aromatic carbocycles. The Morgan fingerprint density at radius 2 is 2.38 bits per heavy atom. The Labute approximate surface area is 99.8 Å². The van der Waals surface area contributed by atoms with Crippen molar-refractivity contribution in [3.63, 3.8) is 0 Å². The van der Waals surface area contributed by atoms with Crippen molar-refractivity contribution in [3.05, 3.63) is 12.7 Å². The van der Waals surface area contributed by atoms with Gasteiger partial charge in [0.1, 0.15) is 0 Å². The van der Waals surface area contributed by atoms with Crippen LogP contribution in [0.5, 0.6) is 0 Å². The van der Waals surface area contributed by atoms with E-state index in [1.807, 2.05) is 13.2 Å². The van der Waals surface area contributed by atoms with E-state index in [4.69, 9.17) is 4.74 Å². The topological polar surface area (TPSA) is 24.5 Å². The van der Waals surface area contributed by atoms with Crippen LogP contribution >= 0.6 is 0 Å². The molecule has 1 saturated heterocycles. The minimum Gasteiger partial charge on any atom is -0.380 e. The first-order valence-corrected chi connectivity index (χ1v) is 6.27. The molecule has 0 aromatic rings. The number of ether oxygens (including phenoxy) is 1. The van der Waals surface area contributed by atoms with Crippen molar-refractivity contribution in [3.8, 4) is 0 Å². The first kappa shape index (κ1) is 13.7. The van der Waals surface area contributed by atoms with Crippen LogP contribution in [0.3, 0.4) is 0 Å². The molecular weight excluding hydrogens is 200 g/mol. The fraction of sp³-hybridized carbons (Fsp3) is 0.846. The van der Waals surface area contributed by atoms with E-state index in [0.29, 0.717) is 18.1 Å². The number of methoxy groups -OCH3 is 1. The highest BCUT2D eigenvalue weighted by Crippen LogP contribution is 2.20. The van der Waals surface area contributed by atoms with E-state index in [2.05, 4.69) is 30.6 Å².